The van der Waals surface area contributed by atoms with Gasteiger partial charge in [0, 0.05) is 16.0 Å². The number of hydrogen-bond acceptors (Lipinski definition) is 4. The Labute approximate surface area is 150 Å². The topological polar surface area (TPSA) is 79.3 Å². The number of rotatable bonds is 5. The molecule has 0 unspecified atom stereocenters. The number of amides is 1. The molecule has 1 heterocycles. The Morgan fingerprint density at radius 3 is 2.46 bits per heavy atom. The van der Waals surface area contributed by atoms with Gasteiger partial charge in [-0.15, -0.1) is 11.3 Å². The highest BCUT2D eigenvalue weighted by Crippen LogP contribution is 2.32. The lowest BCUT2D eigenvalue weighted by Gasteiger charge is -2.01. The van der Waals surface area contributed by atoms with Gasteiger partial charge in [-0.2, -0.15) is 0 Å². The van der Waals surface area contributed by atoms with Crippen molar-refractivity contribution in [1.29, 1.82) is 0 Å². The van der Waals surface area contributed by atoms with Gasteiger partial charge in [-0.1, -0.05) is 6.07 Å². The van der Waals surface area contributed by atoms with Crippen LogP contribution < -0.4 is 5.32 Å². The molecule has 3 rings (SSSR count). The third-order valence-corrected chi connectivity index (χ3v) is 4.40. The fourth-order valence-electron chi connectivity index (χ4n) is 2.29. The third-order valence-electron chi connectivity index (χ3n) is 3.43. The molecule has 0 saturated heterocycles. The normalized spacial score (nSPS) is 10.5. The van der Waals surface area contributed by atoms with Crippen molar-refractivity contribution in [3.63, 3.8) is 0 Å². The van der Waals surface area contributed by atoms with Gasteiger partial charge in [-0.05, 0) is 42.5 Å². The van der Waals surface area contributed by atoms with Gasteiger partial charge in [-0.25, -0.2) is 13.8 Å². The van der Waals surface area contributed by atoms with Crippen LogP contribution in [0, 0.1) is 11.6 Å². The number of benzene rings is 2. The van der Waals surface area contributed by atoms with Crippen LogP contribution in [0.3, 0.4) is 0 Å². The van der Waals surface area contributed by atoms with E-state index in [1.54, 1.807) is 0 Å². The van der Waals surface area contributed by atoms with Gasteiger partial charge in [0.05, 0.1) is 12.1 Å². The van der Waals surface area contributed by atoms with Gasteiger partial charge in [0.1, 0.15) is 11.6 Å². The van der Waals surface area contributed by atoms with E-state index in [0.29, 0.717) is 16.1 Å². The Balaban J connectivity index is 1.91. The number of aliphatic carboxylic acids is 1. The van der Waals surface area contributed by atoms with E-state index in [9.17, 15) is 18.4 Å². The Morgan fingerprint density at radius 2 is 1.81 bits per heavy atom. The number of halogens is 2. The zero-order valence-electron chi connectivity index (χ0n) is 13.2. The van der Waals surface area contributed by atoms with E-state index in [-0.39, 0.29) is 17.1 Å². The SMILES string of the molecule is O=C(O)Cc1sc(NC(=O)c2cccc(F)c2)nc1-c1ccc(F)cc1. The maximum absolute atomic E-state index is 13.2. The van der Waals surface area contributed by atoms with Crippen molar-refractivity contribution in [2.45, 2.75) is 6.42 Å². The van der Waals surface area contributed by atoms with Crippen molar-refractivity contribution >= 4 is 28.3 Å². The van der Waals surface area contributed by atoms with Crippen LogP contribution in [0.2, 0.25) is 0 Å². The maximum Gasteiger partial charge on any atom is 0.308 e. The predicted molar refractivity (Wildman–Crippen MR) is 93.2 cm³/mol. The lowest BCUT2D eigenvalue weighted by Crippen LogP contribution is -2.11. The van der Waals surface area contributed by atoms with Crippen molar-refractivity contribution in [3.05, 3.63) is 70.6 Å². The number of carboxylic acid groups (broad SMARTS) is 1. The second-order valence-corrected chi connectivity index (χ2v) is 6.42. The minimum atomic E-state index is -1.06. The number of nitrogens with zero attached hydrogens (tertiary/aromatic N) is 1. The first kappa shape index (κ1) is 17.7. The molecule has 0 atom stereocenters. The van der Waals surface area contributed by atoms with Crippen molar-refractivity contribution in [2.24, 2.45) is 0 Å². The van der Waals surface area contributed by atoms with E-state index in [1.807, 2.05) is 0 Å². The van der Waals surface area contributed by atoms with Crippen LogP contribution in [0.25, 0.3) is 11.3 Å². The Hall–Kier alpha value is -3.13. The molecule has 8 heteroatoms. The molecule has 1 amide bonds. The molecule has 0 bridgehead atoms. The Kier molecular flexibility index (Phi) is 5.04. The zero-order chi connectivity index (χ0) is 18.7. The van der Waals surface area contributed by atoms with Crippen LogP contribution in [0.15, 0.2) is 48.5 Å². The van der Waals surface area contributed by atoms with Gasteiger partial charge in [-0.3, -0.25) is 14.9 Å². The molecule has 0 spiro atoms. The van der Waals surface area contributed by atoms with E-state index in [4.69, 9.17) is 5.11 Å². The van der Waals surface area contributed by atoms with Crippen molar-refractivity contribution in [3.8, 4) is 11.3 Å². The summed E-state index contributed by atoms with van der Waals surface area (Å²) in [7, 11) is 0. The summed E-state index contributed by atoms with van der Waals surface area (Å²) in [5, 5.41) is 11.8. The fourth-order valence-corrected chi connectivity index (χ4v) is 3.26. The van der Waals surface area contributed by atoms with E-state index in [2.05, 4.69) is 10.3 Å². The first-order valence-corrected chi connectivity index (χ1v) is 8.28. The molecule has 0 radical (unpaired) electrons. The molecule has 0 fully saturated rings. The maximum atomic E-state index is 13.2. The number of anilines is 1. The van der Waals surface area contributed by atoms with E-state index in [1.165, 1.54) is 42.5 Å². The highest BCUT2D eigenvalue weighted by molar-refractivity contribution is 7.16. The van der Waals surface area contributed by atoms with Gasteiger partial charge >= 0.3 is 5.97 Å². The lowest BCUT2D eigenvalue weighted by molar-refractivity contribution is -0.136. The van der Waals surface area contributed by atoms with Crippen LogP contribution in [-0.4, -0.2) is 22.0 Å². The second kappa shape index (κ2) is 7.40. The van der Waals surface area contributed by atoms with Crippen molar-refractivity contribution in [1.82, 2.24) is 4.98 Å². The van der Waals surface area contributed by atoms with E-state index in [0.717, 1.165) is 17.4 Å². The molecule has 0 aliphatic heterocycles. The summed E-state index contributed by atoms with van der Waals surface area (Å²) >= 11 is 1.00. The number of hydrogen-bond donors (Lipinski definition) is 2. The van der Waals surface area contributed by atoms with Crippen molar-refractivity contribution in [2.75, 3.05) is 5.32 Å². The molecule has 132 valence electrons. The molecule has 0 aliphatic rings. The van der Waals surface area contributed by atoms with Gasteiger partial charge in [0.25, 0.3) is 5.91 Å². The summed E-state index contributed by atoms with van der Waals surface area (Å²) in [6, 6.07) is 10.6. The number of aromatic nitrogens is 1. The molecule has 3 aromatic rings. The predicted octanol–water partition coefficient (Wildman–Crippen LogP) is 3.97. The molecular formula is C18H12F2N2O3S. The molecule has 5 nitrogen and oxygen atoms in total. The average Bonchev–Trinajstić information content (AvgIpc) is 2.97. The van der Waals surface area contributed by atoms with E-state index < -0.39 is 23.5 Å². The second-order valence-electron chi connectivity index (χ2n) is 5.33. The first-order chi connectivity index (χ1) is 12.4. The molecular weight excluding hydrogens is 362 g/mol. The van der Waals surface area contributed by atoms with Gasteiger partial charge in [0.15, 0.2) is 5.13 Å². The summed E-state index contributed by atoms with van der Waals surface area (Å²) in [6.45, 7) is 0. The minimum Gasteiger partial charge on any atom is -0.481 e. The third kappa shape index (κ3) is 4.09. The van der Waals surface area contributed by atoms with Crippen LogP contribution in [0.4, 0.5) is 13.9 Å². The van der Waals surface area contributed by atoms with Crippen LogP contribution in [0.5, 0.6) is 0 Å². The molecule has 26 heavy (non-hydrogen) atoms. The molecule has 0 saturated carbocycles. The number of carbonyl (C=O) groups is 2. The molecule has 2 aromatic carbocycles. The standard InChI is InChI=1S/C18H12F2N2O3S/c19-12-6-4-10(5-7-12)16-14(9-15(23)24)26-18(21-16)22-17(25)11-2-1-3-13(20)8-11/h1-8H,9H2,(H,23,24)(H,21,22,25). The average molecular weight is 374 g/mol. The monoisotopic (exact) mass is 374 g/mol. The molecule has 1 aromatic heterocycles. The first-order valence-electron chi connectivity index (χ1n) is 7.47. The highest BCUT2D eigenvalue weighted by Gasteiger charge is 2.18. The summed E-state index contributed by atoms with van der Waals surface area (Å²) in [5.74, 6) is -2.59. The summed E-state index contributed by atoms with van der Waals surface area (Å²) < 4.78 is 26.4. The Bertz CT molecular complexity index is 971. The number of nitrogens with one attached hydrogen (secondary N) is 1. The van der Waals surface area contributed by atoms with Gasteiger partial charge < -0.3 is 5.11 Å². The molecule has 0 aliphatic carbocycles. The number of carboxylic acids is 1. The van der Waals surface area contributed by atoms with Crippen LogP contribution >= 0.6 is 11.3 Å². The van der Waals surface area contributed by atoms with Crippen LogP contribution in [-0.2, 0) is 11.2 Å². The quantitative estimate of drug-likeness (QED) is 0.708. The smallest absolute Gasteiger partial charge is 0.308 e. The van der Waals surface area contributed by atoms with Crippen LogP contribution in [0.1, 0.15) is 15.2 Å². The summed E-state index contributed by atoms with van der Waals surface area (Å²) in [6.07, 6.45) is -0.291. The highest BCUT2D eigenvalue weighted by atomic mass is 32.1. The Morgan fingerprint density at radius 1 is 1.08 bits per heavy atom. The summed E-state index contributed by atoms with van der Waals surface area (Å²) in [5.41, 5.74) is 1.00. The number of thiazole rings is 1. The largest absolute Gasteiger partial charge is 0.481 e. The van der Waals surface area contributed by atoms with Gasteiger partial charge in [0.2, 0.25) is 0 Å². The van der Waals surface area contributed by atoms with E-state index >= 15 is 0 Å². The zero-order valence-corrected chi connectivity index (χ0v) is 14.0. The van der Waals surface area contributed by atoms with Crippen molar-refractivity contribution < 1.29 is 23.5 Å². The molecule has 2 N–H and O–H groups in total. The minimum absolute atomic E-state index is 0.114. The fraction of sp³-hybridized carbons (Fsp3) is 0.0556. The lowest BCUT2D eigenvalue weighted by atomic mass is 10.1. The number of carbonyl (C=O) groups excluding carboxylic acids is 1. The summed E-state index contributed by atoms with van der Waals surface area (Å²) in [4.78, 5) is 28.0.